The zero-order chi connectivity index (χ0) is 13.9. The summed E-state index contributed by atoms with van der Waals surface area (Å²) in [5, 5.41) is 0. The van der Waals surface area contributed by atoms with Crippen LogP contribution < -0.4 is 0 Å². The highest BCUT2D eigenvalue weighted by molar-refractivity contribution is 5.33. The Morgan fingerprint density at radius 2 is 1.53 bits per heavy atom. The average Bonchev–Trinajstić information content (AvgIpc) is 2.42. The van der Waals surface area contributed by atoms with Gasteiger partial charge in [-0.2, -0.15) is 0 Å². The maximum Gasteiger partial charge on any atom is -0.0146 e. The molecule has 1 aromatic carbocycles. The summed E-state index contributed by atoms with van der Waals surface area (Å²) in [6.45, 7) is 6.76. The minimum Gasteiger partial charge on any atom is -0.0654 e. The van der Waals surface area contributed by atoms with Gasteiger partial charge in [-0.1, -0.05) is 70.9 Å². The molecule has 0 heterocycles. The molecule has 0 saturated carbocycles. The SMILES string of the molecule is CCCCCCCCCCc1[c]ccc(C)c1CC. The Morgan fingerprint density at radius 1 is 0.895 bits per heavy atom. The molecule has 1 rings (SSSR count). The quantitative estimate of drug-likeness (QED) is 0.449. The van der Waals surface area contributed by atoms with Gasteiger partial charge in [0.2, 0.25) is 0 Å². The van der Waals surface area contributed by atoms with Crippen molar-refractivity contribution in [1.82, 2.24) is 0 Å². The first kappa shape index (κ1) is 16.3. The van der Waals surface area contributed by atoms with E-state index in [0.29, 0.717) is 0 Å². The summed E-state index contributed by atoms with van der Waals surface area (Å²) in [5.41, 5.74) is 4.44. The molecule has 0 bridgehead atoms. The number of rotatable bonds is 10. The third-order valence-electron chi connectivity index (χ3n) is 4.07. The molecule has 0 fully saturated rings. The van der Waals surface area contributed by atoms with Crippen molar-refractivity contribution in [3.8, 4) is 0 Å². The molecule has 0 amide bonds. The molecule has 0 aromatic heterocycles. The summed E-state index contributed by atoms with van der Waals surface area (Å²) < 4.78 is 0. The number of benzene rings is 1. The molecule has 0 atom stereocenters. The minimum absolute atomic E-state index is 1.15. The first-order valence-electron chi connectivity index (χ1n) is 8.28. The van der Waals surface area contributed by atoms with Crippen molar-refractivity contribution in [2.45, 2.75) is 85.0 Å². The van der Waals surface area contributed by atoms with Gasteiger partial charge in [0.25, 0.3) is 0 Å². The first-order chi connectivity index (χ1) is 9.29. The highest BCUT2D eigenvalue weighted by Gasteiger charge is 2.03. The molecular weight excluding hydrogens is 228 g/mol. The van der Waals surface area contributed by atoms with Crippen LogP contribution in [-0.4, -0.2) is 0 Å². The molecule has 0 saturated heterocycles. The van der Waals surface area contributed by atoms with Crippen LogP contribution in [0, 0.1) is 13.0 Å². The summed E-state index contributed by atoms with van der Waals surface area (Å²) in [6.07, 6.45) is 13.6. The lowest BCUT2D eigenvalue weighted by atomic mass is 9.95. The minimum atomic E-state index is 1.15. The Morgan fingerprint density at radius 3 is 2.16 bits per heavy atom. The molecule has 19 heavy (non-hydrogen) atoms. The molecule has 1 radical (unpaired) electrons. The van der Waals surface area contributed by atoms with Crippen LogP contribution in [0.25, 0.3) is 0 Å². The lowest BCUT2D eigenvalue weighted by Gasteiger charge is -2.10. The maximum atomic E-state index is 3.45. The van der Waals surface area contributed by atoms with Crippen LogP contribution in [0.3, 0.4) is 0 Å². The van der Waals surface area contributed by atoms with E-state index in [1.807, 2.05) is 0 Å². The number of hydrogen-bond acceptors (Lipinski definition) is 0. The van der Waals surface area contributed by atoms with Crippen LogP contribution in [-0.2, 0) is 12.8 Å². The maximum absolute atomic E-state index is 3.45. The van der Waals surface area contributed by atoms with Crippen molar-refractivity contribution in [2.24, 2.45) is 0 Å². The molecule has 0 N–H and O–H groups in total. The molecule has 0 spiro atoms. The Labute approximate surface area is 120 Å². The molecular formula is C19H31. The van der Waals surface area contributed by atoms with E-state index in [1.54, 1.807) is 0 Å². The second kappa shape index (κ2) is 10.1. The van der Waals surface area contributed by atoms with Crippen LogP contribution in [0.2, 0.25) is 0 Å². The van der Waals surface area contributed by atoms with Gasteiger partial charge in [-0.3, -0.25) is 0 Å². The van der Waals surface area contributed by atoms with E-state index in [2.05, 4.69) is 39.0 Å². The van der Waals surface area contributed by atoms with Gasteiger partial charge in [0.15, 0.2) is 0 Å². The topological polar surface area (TPSA) is 0 Å². The monoisotopic (exact) mass is 259 g/mol. The van der Waals surface area contributed by atoms with Crippen LogP contribution in [0.5, 0.6) is 0 Å². The Bertz CT molecular complexity index is 338. The average molecular weight is 259 g/mol. The van der Waals surface area contributed by atoms with Crippen LogP contribution >= 0.6 is 0 Å². The van der Waals surface area contributed by atoms with E-state index in [0.717, 1.165) is 6.42 Å². The smallest absolute Gasteiger partial charge is 0.0146 e. The van der Waals surface area contributed by atoms with Crippen molar-refractivity contribution in [3.63, 3.8) is 0 Å². The van der Waals surface area contributed by atoms with Crippen LogP contribution in [0.15, 0.2) is 12.1 Å². The van der Waals surface area contributed by atoms with E-state index in [4.69, 9.17) is 0 Å². The molecule has 107 valence electrons. The Balaban J connectivity index is 2.17. The van der Waals surface area contributed by atoms with Crippen molar-refractivity contribution in [3.05, 3.63) is 34.9 Å². The molecule has 0 heteroatoms. The summed E-state index contributed by atoms with van der Waals surface area (Å²) in [4.78, 5) is 0. The molecule has 0 nitrogen and oxygen atoms in total. The second-order valence-electron chi connectivity index (χ2n) is 5.70. The largest absolute Gasteiger partial charge is 0.0654 e. The third kappa shape index (κ3) is 6.27. The van der Waals surface area contributed by atoms with E-state index >= 15 is 0 Å². The predicted molar refractivity (Wildman–Crippen MR) is 85.7 cm³/mol. The fourth-order valence-corrected chi connectivity index (χ4v) is 2.84. The molecule has 1 aromatic rings. The zero-order valence-corrected chi connectivity index (χ0v) is 13.2. The van der Waals surface area contributed by atoms with Crippen molar-refractivity contribution < 1.29 is 0 Å². The van der Waals surface area contributed by atoms with Crippen LogP contribution in [0.1, 0.15) is 81.9 Å². The van der Waals surface area contributed by atoms with Gasteiger partial charge in [0, 0.05) is 0 Å². The van der Waals surface area contributed by atoms with E-state index in [-0.39, 0.29) is 0 Å². The molecule has 0 unspecified atom stereocenters. The standard InChI is InChI=1S/C19H31/c1-4-6-7-8-9-10-11-12-15-18-16-13-14-17(3)19(18)5-2/h13-14H,4-12,15H2,1-3H3. The molecule has 0 aliphatic rings. The van der Waals surface area contributed by atoms with Gasteiger partial charge in [0.1, 0.15) is 0 Å². The van der Waals surface area contributed by atoms with Gasteiger partial charge >= 0.3 is 0 Å². The molecule has 0 aliphatic heterocycles. The van der Waals surface area contributed by atoms with Gasteiger partial charge in [-0.15, -0.1) is 0 Å². The highest BCUT2D eigenvalue weighted by Crippen LogP contribution is 2.17. The normalized spacial score (nSPS) is 10.9. The fourth-order valence-electron chi connectivity index (χ4n) is 2.84. The lowest BCUT2D eigenvalue weighted by Crippen LogP contribution is -1.96. The highest BCUT2D eigenvalue weighted by atomic mass is 14.1. The van der Waals surface area contributed by atoms with Gasteiger partial charge in [-0.05, 0) is 48.9 Å². The van der Waals surface area contributed by atoms with Crippen molar-refractivity contribution in [2.75, 3.05) is 0 Å². The van der Waals surface area contributed by atoms with Crippen LogP contribution in [0.4, 0.5) is 0 Å². The third-order valence-corrected chi connectivity index (χ3v) is 4.07. The van der Waals surface area contributed by atoms with Gasteiger partial charge < -0.3 is 0 Å². The predicted octanol–water partition coefficient (Wildman–Crippen LogP) is 6.04. The first-order valence-corrected chi connectivity index (χ1v) is 8.28. The van der Waals surface area contributed by atoms with E-state index in [9.17, 15) is 0 Å². The fraction of sp³-hybridized carbons (Fsp3) is 0.684. The zero-order valence-electron chi connectivity index (χ0n) is 13.2. The second-order valence-corrected chi connectivity index (χ2v) is 5.70. The number of aryl methyl sites for hydroxylation is 2. The van der Waals surface area contributed by atoms with Crippen molar-refractivity contribution in [1.29, 1.82) is 0 Å². The molecule has 0 aliphatic carbocycles. The van der Waals surface area contributed by atoms with Gasteiger partial charge in [-0.25, -0.2) is 0 Å². The van der Waals surface area contributed by atoms with Gasteiger partial charge in [0.05, 0.1) is 0 Å². The lowest BCUT2D eigenvalue weighted by molar-refractivity contribution is 0.575. The Kier molecular flexibility index (Phi) is 8.62. The summed E-state index contributed by atoms with van der Waals surface area (Å²) in [5.74, 6) is 0. The summed E-state index contributed by atoms with van der Waals surface area (Å²) in [6, 6.07) is 7.73. The number of hydrogen-bond donors (Lipinski definition) is 0. The Hall–Kier alpha value is -0.780. The summed E-state index contributed by atoms with van der Waals surface area (Å²) >= 11 is 0. The van der Waals surface area contributed by atoms with E-state index < -0.39 is 0 Å². The summed E-state index contributed by atoms with van der Waals surface area (Å²) in [7, 11) is 0. The number of unbranched alkanes of at least 4 members (excludes halogenated alkanes) is 7. The van der Waals surface area contributed by atoms with E-state index in [1.165, 1.54) is 74.5 Å². The van der Waals surface area contributed by atoms with Crippen molar-refractivity contribution >= 4 is 0 Å².